The number of hydrogen-bond donors (Lipinski definition) is 1. The van der Waals surface area contributed by atoms with Crippen LogP contribution in [0.4, 0.5) is 0 Å². The third kappa shape index (κ3) is 2.71. The van der Waals surface area contributed by atoms with Gasteiger partial charge in [-0.15, -0.1) is 0 Å². The molecule has 4 atom stereocenters. The molecular formula is C16H27N3. The summed E-state index contributed by atoms with van der Waals surface area (Å²) in [4.78, 5) is 4.45. The average molecular weight is 261 g/mol. The van der Waals surface area contributed by atoms with Crippen LogP contribution in [0.2, 0.25) is 0 Å². The summed E-state index contributed by atoms with van der Waals surface area (Å²) < 4.78 is 2.49. The molecule has 1 aliphatic carbocycles. The van der Waals surface area contributed by atoms with E-state index in [1.807, 2.05) is 0 Å². The van der Waals surface area contributed by atoms with Crippen molar-refractivity contribution in [2.24, 2.45) is 11.8 Å². The Morgan fingerprint density at radius 2 is 2.11 bits per heavy atom. The first kappa shape index (κ1) is 13.2. The van der Waals surface area contributed by atoms with Crippen LogP contribution < -0.4 is 5.32 Å². The number of piperidine rings is 1. The molecular weight excluding hydrogens is 234 g/mol. The zero-order valence-corrected chi connectivity index (χ0v) is 12.3. The molecule has 106 valence electrons. The van der Waals surface area contributed by atoms with Crippen LogP contribution in [0.15, 0.2) is 12.5 Å². The van der Waals surface area contributed by atoms with Crippen molar-refractivity contribution < 1.29 is 0 Å². The summed E-state index contributed by atoms with van der Waals surface area (Å²) in [7, 11) is 0. The van der Waals surface area contributed by atoms with Gasteiger partial charge in [0, 0.05) is 18.3 Å². The van der Waals surface area contributed by atoms with Crippen LogP contribution in [-0.2, 0) is 0 Å². The minimum absolute atomic E-state index is 0.530. The molecule has 0 amide bonds. The van der Waals surface area contributed by atoms with Crippen LogP contribution in [0.25, 0.3) is 0 Å². The normalized spacial score (nSPS) is 36.3. The summed E-state index contributed by atoms with van der Waals surface area (Å²) in [5, 5.41) is 3.66. The fraction of sp³-hybridized carbons (Fsp3) is 0.812. The number of nitrogens with one attached hydrogen (secondary N) is 1. The molecule has 3 rings (SSSR count). The number of rotatable bonds is 2. The van der Waals surface area contributed by atoms with E-state index in [0.29, 0.717) is 12.1 Å². The molecule has 3 nitrogen and oxygen atoms in total. The molecule has 0 aromatic carbocycles. The van der Waals surface area contributed by atoms with Crippen molar-refractivity contribution in [1.82, 2.24) is 14.9 Å². The predicted molar refractivity (Wildman–Crippen MR) is 78.0 cm³/mol. The maximum absolute atomic E-state index is 4.45. The molecule has 3 heteroatoms. The standard InChI is InChI=1S/C16H27N3/c1-12-6-7-15(13(2)9-12)19-11-17-10-16(19)14-5-3-4-8-18-14/h10-15,18H,3-9H2,1-2H3. The van der Waals surface area contributed by atoms with Crippen molar-refractivity contribution in [3.8, 4) is 0 Å². The quantitative estimate of drug-likeness (QED) is 0.880. The van der Waals surface area contributed by atoms with Crippen LogP contribution >= 0.6 is 0 Å². The zero-order valence-electron chi connectivity index (χ0n) is 12.3. The van der Waals surface area contributed by atoms with Crippen molar-refractivity contribution in [3.63, 3.8) is 0 Å². The van der Waals surface area contributed by atoms with Crippen LogP contribution in [-0.4, -0.2) is 16.1 Å². The number of nitrogens with zero attached hydrogens (tertiary/aromatic N) is 2. The summed E-state index contributed by atoms with van der Waals surface area (Å²) in [6.07, 6.45) is 12.1. The second kappa shape index (κ2) is 5.66. The molecule has 1 aliphatic heterocycles. The van der Waals surface area contributed by atoms with E-state index in [-0.39, 0.29) is 0 Å². The van der Waals surface area contributed by atoms with Gasteiger partial charge in [-0.2, -0.15) is 0 Å². The molecule has 0 radical (unpaired) electrons. The first-order chi connectivity index (χ1) is 9.25. The van der Waals surface area contributed by atoms with Gasteiger partial charge in [0.25, 0.3) is 0 Å². The molecule has 0 bridgehead atoms. The zero-order chi connectivity index (χ0) is 13.2. The Kier molecular flexibility index (Phi) is 3.92. The molecule has 1 saturated carbocycles. The van der Waals surface area contributed by atoms with E-state index in [9.17, 15) is 0 Å². The highest BCUT2D eigenvalue weighted by Crippen LogP contribution is 2.38. The van der Waals surface area contributed by atoms with Gasteiger partial charge in [-0.25, -0.2) is 4.98 Å². The van der Waals surface area contributed by atoms with Gasteiger partial charge >= 0.3 is 0 Å². The van der Waals surface area contributed by atoms with Crippen LogP contribution in [0.5, 0.6) is 0 Å². The molecule has 2 heterocycles. The second-order valence-electron chi connectivity index (χ2n) is 6.69. The summed E-state index contributed by atoms with van der Waals surface area (Å²) in [5.74, 6) is 1.67. The Labute approximate surface area is 116 Å². The van der Waals surface area contributed by atoms with E-state index in [4.69, 9.17) is 0 Å². The smallest absolute Gasteiger partial charge is 0.0951 e. The minimum Gasteiger partial charge on any atom is -0.330 e. The fourth-order valence-electron chi connectivity index (χ4n) is 4.03. The van der Waals surface area contributed by atoms with E-state index >= 15 is 0 Å². The van der Waals surface area contributed by atoms with E-state index in [1.165, 1.54) is 44.2 Å². The Bertz CT molecular complexity index is 406. The number of hydrogen-bond acceptors (Lipinski definition) is 2. The maximum atomic E-state index is 4.45. The van der Waals surface area contributed by atoms with Crippen LogP contribution in [0.3, 0.4) is 0 Å². The summed E-state index contributed by atoms with van der Waals surface area (Å²) in [6, 6.07) is 1.19. The first-order valence-electron chi connectivity index (χ1n) is 8.01. The Hall–Kier alpha value is -0.830. The summed E-state index contributed by atoms with van der Waals surface area (Å²) in [6.45, 7) is 5.97. The third-order valence-corrected chi connectivity index (χ3v) is 5.11. The van der Waals surface area contributed by atoms with Gasteiger partial charge in [-0.3, -0.25) is 0 Å². The lowest BCUT2D eigenvalue weighted by Crippen LogP contribution is -2.31. The maximum Gasteiger partial charge on any atom is 0.0951 e. The van der Waals surface area contributed by atoms with Crippen LogP contribution in [0, 0.1) is 11.8 Å². The second-order valence-corrected chi connectivity index (χ2v) is 6.69. The lowest BCUT2D eigenvalue weighted by molar-refractivity contribution is 0.200. The van der Waals surface area contributed by atoms with Gasteiger partial charge in [-0.1, -0.05) is 20.3 Å². The highest BCUT2D eigenvalue weighted by molar-refractivity contribution is 5.08. The van der Waals surface area contributed by atoms with Crippen molar-refractivity contribution >= 4 is 0 Å². The van der Waals surface area contributed by atoms with E-state index in [1.54, 1.807) is 0 Å². The van der Waals surface area contributed by atoms with Gasteiger partial charge in [0.15, 0.2) is 0 Å². The molecule has 2 fully saturated rings. The largest absolute Gasteiger partial charge is 0.330 e. The van der Waals surface area contributed by atoms with Gasteiger partial charge in [0.2, 0.25) is 0 Å². The van der Waals surface area contributed by atoms with E-state index in [0.717, 1.165) is 18.4 Å². The fourth-order valence-corrected chi connectivity index (χ4v) is 4.03. The highest BCUT2D eigenvalue weighted by atomic mass is 15.1. The molecule has 4 unspecified atom stereocenters. The lowest BCUT2D eigenvalue weighted by atomic mass is 9.79. The van der Waals surface area contributed by atoms with Crippen molar-refractivity contribution in [3.05, 3.63) is 18.2 Å². The van der Waals surface area contributed by atoms with Gasteiger partial charge in [0.05, 0.1) is 12.0 Å². The van der Waals surface area contributed by atoms with Crippen molar-refractivity contribution in [1.29, 1.82) is 0 Å². The number of imidazole rings is 1. The Balaban J connectivity index is 1.79. The lowest BCUT2D eigenvalue weighted by Gasteiger charge is -2.36. The summed E-state index contributed by atoms with van der Waals surface area (Å²) in [5.41, 5.74) is 1.42. The van der Waals surface area contributed by atoms with Crippen molar-refractivity contribution in [2.45, 2.75) is 64.5 Å². The highest BCUT2D eigenvalue weighted by Gasteiger charge is 2.29. The predicted octanol–water partition coefficient (Wildman–Crippen LogP) is 3.69. The molecule has 1 N–H and O–H groups in total. The minimum atomic E-state index is 0.530. The molecule has 1 aromatic heterocycles. The first-order valence-corrected chi connectivity index (χ1v) is 8.01. The summed E-state index contributed by atoms with van der Waals surface area (Å²) >= 11 is 0. The van der Waals surface area contributed by atoms with Gasteiger partial charge in [0.1, 0.15) is 0 Å². The molecule has 2 aliphatic rings. The average Bonchev–Trinajstić information content (AvgIpc) is 2.89. The monoisotopic (exact) mass is 261 g/mol. The SMILES string of the molecule is CC1CCC(n2cncc2C2CCCCN2)C(C)C1. The molecule has 19 heavy (non-hydrogen) atoms. The van der Waals surface area contributed by atoms with Gasteiger partial charge in [-0.05, 0) is 50.5 Å². The molecule has 1 saturated heterocycles. The molecule has 1 aromatic rings. The van der Waals surface area contributed by atoms with E-state index in [2.05, 4.69) is 41.2 Å². The Morgan fingerprint density at radius 3 is 2.84 bits per heavy atom. The topological polar surface area (TPSA) is 29.9 Å². The van der Waals surface area contributed by atoms with Crippen molar-refractivity contribution in [2.75, 3.05) is 6.54 Å². The molecule has 0 spiro atoms. The van der Waals surface area contributed by atoms with E-state index < -0.39 is 0 Å². The van der Waals surface area contributed by atoms with Gasteiger partial charge < -0.3 is 9.88 Å². The Morgan fingerprint density at radius 1 is 1.21 bits per heavy atom. The van der Waals surface area contributed by atoms with Crippen LogP contribution in [0.1, 0.15) is 70.2 Å². The third-order valence-electron chi connectivity index (χ3n) is 5.11. The number of aromatic nitrogens is 2.